The molecule has 0 aliphatic heterocycles. The van der Waals surface area contributed by atoms with Crippen LogP contribution in [0.5, 0.6) is 0 Å². The first-order valence-electron chi connectivity index (χ1n) is 6.59. The van der Waals surface area contributed by atoms with E-state index in [1.54, 1.807) is 23.6 Å². The van der Waals surface area contributed by atoms with E-state index in [-0.39, 0.29) is 23.3 Å². The van der Waals surface area contributed by atoms with Crippen molar-refractivity contribution in [2.24, 2.45) is 0 Å². The monoisotopic (exact) mass is 350 g/mol. The molecule has 8 heteroatoms. The van der Waals surface area contributed by atoms with Gasteiger partial charge >= 0.3 is 5.97 Å². The zero-order valence-electron chi connectivity index (χ0n) is 11.9. The lowest BCUT2D eigenvalue weighted by molar-refractivity contribution is -0.133. The number of aliphatic carboxylic acids is 1. The van der Waals surface area contributed by atoms with Crippen LogP contribution in [0.4, 0.5) is 10.7 Å². The van der Waals surface area contributed by atoms with Gasteiger partial charge in [0.05, 0.1) is 17.1 Å². The highest BCUT2D eigenvalue weighted by atomic mass is 32.2. The molecule has 0 saturated carbocycles. The van der Waals surface area contributed by atoms with Crippen LogP contribution in [0, 0.1) is 0 Å². The van der Waals surface area contributed by atoms with Crippen LogP contribution in [0.1, 0.15) is 10.4 Å². The number of hydrogen-bond acceptors (Lipinski definition) is 5. The van der Waals surface area contributed by atoms with E-state index in [0.717, 1.165) is 11.8 Å². The summed E-state index contributed by atoms with van der Waals surface area (Å²) in [5.41, 5.74) is 1.04. The van der Waals surface area contributed by atoms with Crippen molar-refractivity contribution in [3.63, 3.8) is 0 Å². The quantitative estimate of drug-likeness (QED) is 0.714. The van der Waals surface area contributed by atoms with E-state index in [2.05, 4.69) is 10.6 Å². The molecule has 0 aliphatic carbocycles. The lowest BCUT2D eigenvalue weighted by Gasteiger charge is -2.07. The fraction of sp³-hybridized carbons (Fsp3) is 0.133. The number of rotatable bonds is 7. The maximum atomic E-state index is 12.2. The number of thioether (sulfide) groups is 1. The lowest BCUT2D eigenvalue weighted by atomic mass is 10.2. The molecule has 1 aromatic heterocycles. The Morgan fingerprint density at radius 1 is 1.04 bits per heavy atom. The molecular weight excluding hydrogens is 336 g/mol. The maximum absolute atomic E-state index is 12.2. The van der Waals surface area contributed by atoms with Gasteiger partial charge in [-0.25, -0.2) is 0 Å². The number of benzene rings is 1. The molecule has 1 aromatic carbocycles. The van der Waals surface area contributed by atoms with Crippen molar-refractivity contribution >= 4 is 51.6 Å². The second kappa shape index (κ2) is 8.35. The first-order chi connectivity index (χ1) is 11.1. The number of carbonyl (C=O) groups is 3. The number of carboxylic acid groups (broad SMARTS) is 1. The minimum absolute atomic E-state index is 0.0178. The van der Waals surface area contributed by atoms with Crippen molar-refractivity contribution in [1.82, 2.24) is 0 Å². The molecule has 0 saturated heterocycles. The van der Waals surface area contributed by atoms with E-state index in [1.165, 1.54) is 11.3 Å². The average Bonchev–Trinajstić information content (AvgIpc) is 2.96. The second-order valence-electron chi connectivity index (χ2n) is 4.42. The summed E-state index contributed by atoms with van der Waals surface area (Å²) in [5, 5.41) is 16.1. The van der Waals surface area contributed by atoms with E-state index in [4.69, 9.17) is 5.11 Å². The number of anilines is 2. The van der Waals surface area contributed by atoms with E-state index in [1.807, 2.05) is 18.2 Å². The molecule has 6 nitrogen and oxygen atoms in total. The Hall–Kier alpha value is -2.32. The molecule has 0 unspecified atom stereocenters. The molecule has 0 spiro atoms. The van der Waals surface area contributed by atoms with Gasteiger partial charge in [0.2, 0.25) is 5.91 Å². The highest BCUT2D eigenvalue weighted by Gasteiger charge is 2.15. The fourth-order valence-electron chi connectivity index (χ4n) is 1.70. The van der Waals surface area contributed by atoms with Crippen molar-refractivity contribution in [3.05, 3.63) is 47.3 Å². The number of hydrogen-bond donors (Lipinski definition) is 3. The highest BCUT2D eigenvalue weighted by molar-refractivity contribution is 8.00. The molecule has 0 fully saturated rings. The number of carbonyl (C=O) groups excluding carboxylic acids is 2. The summed E-state index contributed by atoms with van der Waals surface area (Å²) in [7, 11) is 0. The van der Waals surface area contributed by atoms with Gasteiger partial charge in [0.1, 0.15) is 5.00 Å². The van der Waals surface area contributed by atoms with E-state index in [0.29, 0.717) is 16.3 Å². The summed E-state index contributed by atoms with van der Waals surface area (Å²) in [5.74, 6) is -1.75. The maximum Gasteiger partial charge on any atom is 0.313 e. The summed E-state index contributed by atoms with van der Waals surface area (Å²) >= 11 is 2.24. The lowest BCUT2D eigenvalue weighted by Crippen LogP contribution is -2.18. The van der Waals surface area contributed by atoms with Crippen molar-refractivity contribution < 1.29 is 19.5 Å². The zero-order valence-corrected chi connectivity index (χ0v) is 13.6. The normalized spacial score (nSPS) is 10.1. The molecule has 2 amide bonds. The Morgan fingerprint density at radius 3 is 2.48 bits per heavy atom. The van der Waals surface area contributed by atoms with Gasteiger partial charge in [0.25, 0.3) is 5.91 Å². The van der Waals surface area contributed by atoms with Gasteiger partial charge in [-0.05, 0) is 23.6 Å². The van der Waals surface area contributed by atoms with Crippen molar-refractivity contribution in [2.45, 2.75) is 0 Å². The molecule has 0 aliphatic rings. The topological polar surface area (TPSA) is 95.5 Å². The van der Waals surface area contributed by atoms with E-state index < -0.39 is 5.97 Å². The second-order valence-corrected chi connectivity index (χ2v) is 6.32. The highest BCUT2D eigenvalue weighted by Crippen LogP contribution is 2.24. The van der Waals surface area contributed by atoms with Crippen LogP contribution in [-0.2, 0) is 9.59 Å². The third-order valence-electron chi connectivity index (χ3n) is 2.65. The molecule has 120 valence electrons. The van der Waals surface area contributed by atoms with Gasteiger partial charge in [-0.1, -0.05) is 18.2 Å². The predicted molar refractivity (Wildman–Crippen MR) is 92.3 cm³/mol. The Kier molecular flexibility index (Phi) is 6.19. The van der Waals surface area contributed by atoms with Crippen LogP contribution in [0.15, 0.2) is 41.8 Å². The van der Waals surface area contributed by atoms with Crippen LogP contribution >= 0.6 is 23.1 Å². The van der Waals surface area contributed by atoms with Gasteiger partial charge in [-0.2, -0.15) is 0 Å². The molecule has 2 aromatic rings. The molecule has 0 atom stereocenters. The Bertz CT molecular complexity index is 701. The van der Waals surface area contributed by atoms with Crippen LogP contribution in [0.2, 0.25) is 0 Å². The van der Waals surface area contributed by atoms with Gasteiger partial charge in [0, 0.05) is 5.69 Å². The number of nitrogens with one attached hydrogen (secondary N) is 2. The minimum atomic E-state index is -0.971. The van der Waals surface area contributed by atoms with Crippen molar-refractivity contribution in [3.8, 4) is 0 Å². The summed E-state index contributed by atoms with van der Waals surface area (Å²) in [6.45, 7) is 0. The molecule has 0 bridgehead atoms. The molecule has 23 heavy (non-hydrogen) atoms. The first-order valence-corrected chi connectivity index (χ1v) is 8.63. The average molecular weight is 350 g/mol. The molecule has 0 radical (unpaired) electrons. The van der Waals surface area contributed by atoms with Crippen molar-refractivity contribution in [2.75, 3.05) is 22.1 Å². The largest absolute Gasteiger partial charge is 0.481 e. The van der Waals surface area contributed by atoms with Gasteiger partial charge < -0.3 is 15.7 Å². The molecule has 1 heterocycles. The van der Waals surface area contributed by atoms with Crippen LogP contribution in [-0.4, -0.2) is 34.4 Å². The minimum Gasteiger partial charge on any atom is -0.481 e. The predicted octanol–water partition coefficient (Wildman–Crippen LogP) is 2.76. The van der Waals surface area contributed by atoms with Crippen LogP contribution < -0.4 is 10.6 Å². The first kappa shape index (κ1) is 17.0. The summed E-state index contributed by atoms with van der Waals surface area (Å²) in [6, 6.07) is 10.6. The fourth-order valence-corrected chi connectivity index (χ4v) is 3.03. The molecular formula is C15H14N2O4S2. The van der Waals surface area contributed by atoms with Crippen LogP contribution in [0.25, 0.3) is 0 Å². The third kappa shape index (κ3) is 5.42. The van der Waals surface area contributed by atoms with Crippen molar-refractivity contribution in [1.29, 1.82) is 0 Å². The summed E-state index contributed by atoms with van der Waals surface area (Å²) in [6.07, 6.45) is 0. The SMILES string of the molecule is O=C(O)CSCC(=O)Nc1sccc1C(=O)Nc1ccccc1. The Morgan fingerprint density at radius 2 is 1.78 bits per heavy atom. The van der Waals surface area contributed by atoms with Gasteiger partial charge in [-0.3, -0.25) is 14.4 Å². The molecule has 3 N–H and O–H groups in total. The third-order valence-corrected chi connectivity index (χ3v) is 4.40. The van der Waals surface area contributed by atoms with Gasteiger partial charge in [0.15, 0.2) is 0 Å². The van der Waals surface area contributed by atoms with Crippen LogP contribution in [0.3, 0.4) is 0 Å². The van der Waals surface area contributed by atoms with E-state index in [9.17, 15) is 14.4 Å². The Labute approximate surface area is 140 Å². The summed E-state index contributed by atoms with van der Waals surface area (Å²) in [4.78, 5) is 34.4. The number of amides is 2. The zero-order chi connectivity index (χ0) is 16.7. The molecule has 2 rings (SSSR count). The standard InChI is InChI=1S/C15H14N2O4S2/c18-12(8-22-9-13(19)20)17-15-11(6-7-23-15)14(21)16-10-4-2-1-3-5-10/h1-7H,8-9H2,(H,16,21)(H,17,18)(H,19,20). The van der Waals surface area contributed by atoms with Gasteiger partial charge in [-0.15, -0.1) is 23.1 Å². The van der Waals surface area contributed by atoms with E-state index >= 15 is 0 Å². The smallest absolute Gasteiger partial charge is 0.313 e. The number of thiophene rings is 1. The number of carboxylic acids is 1. The Balaban J connectivity index is 1.95. The number of para-hydroxylation sites is 1. The summed E-state index contributed by atoms with van der Waals surface area (Å²) < 4.78 is 0.